The van der Waals surface area contributed by atoms with Crippen molar-refractivity contribution in [1.82, 2.24) is 9.55 Å². The highest BCUT2D eigenvalue weighted by molar-refractivity contribution is 6.31. The molecule has 2 heterocycles. The Morgan fingerprint density at radius 2 is 2.14 bits per heavy atom. The van der Waals surface area contributed by atoms with E-state index in [2.05, 4.69) is 4.98 Å². The first-order valence-electron chi connectivity index (χ1n) is 6.72. The van der Waals surface area contributed by atoms with E-state index in [0.29, 0.717) is 22.9 Å². The summed E-state index contributed by atoms with van der Waals surface area (Å²) in [5.41, 5.74) is 0.719. The molecule has 6 nitrogen and oxygen atoms in total. The molecule has 0 aliphatic heterocycles. The highest BCUT2D eigenvalue weighted by Crippen LogP contribution is 2.27. The summed E-state index contributed by atoms with van der Waals surface area (Å²) in [7, 11) is 0. The second kappa shape index (κ2) is 5.73. The predicted molar refractivity (Wildman–Crippen MR) is 82.8 cm³/mol. The Morgan fingerprint density at radius 3 is 2.91 bits per heavy atom. The zero-order chi connectivity index (χ0) is 15.7. The van der Waals surface area contributed by atoms with Crippen LogP contribution in [0.5, 0.6) is 5.75 Å². The smallest absolute Gasteiger partial charge is 0.417 e. The SMILES string of the molecule is CCOc1cccc(Cl)c1Cn1ccc2oc(=O)[nH]c2c1=O. The average Bonchev–Trinajstić information content (AvgIpc) is 2.87. The van der Waals surface area contributed by atoms with Crippen LogP contribution in [0.25, 0.3) is 11.1 Å². The number of H-pyrrole nitrogens is 1. The molecule has 114 valence electrons. The molecule has 0 aliphatic rings. The van der Waals surface area contributed by atoms with Gasteiger partial charge >= 0.3 is 5.76 Å². The highest BCUT2D eigenvalue weighted by Gasteiger charge is 2.12. The molecular formula is C15H13ClN2O4. The molecule has 0 atom stereocenters. The van der Waals surface area contributed by atoms with E-state index >= 15 is 0 Å². The number of aromatic amines is 1. The van der Waals surface area contributed by atoms with Crippen LogP contribution in [0.3, 0.4) is 0 Å². The molecule has 0 fully saturated rings. The Hall–Kier alpha value is -2.47. The van der Waals surface area contributed by atoms with Gasteiger partial charge in [-0.3, -0.25) is 9.78 Å². The van der Waals surface area contributed by atoms with Gasteiger partial charge in [0, 0.05) is 16.8 Å². The first-order chi connectivity index (χ1) is 10.6. The van der Waals surface area contributed by atoms with Crippen LogP contribution in [0.2, 0.25) is 5.02 Å². The molecule has 1 aromatic carbocycles. The van der Waals surface area contributed by atoms with Crippen molar-refractivity contribution in [2.75, 3.05) is 6.61 Å². The van der Waals surface area contributed by atoms with Crippen molar-refractivity contribution in [3.8, 4) is 5.75 Å². The number of aromatic nitrogens is 2. The van der Waals surface area contributed by atoms with E-state index in [9.17, 15) is 9.59 Å². The number of pyridine rings is 1. The number of oxazole rings is 1. The molecule has 0 aliphatic carbocycles. The van der Waals surface area contributed by atoms with Crippen molar-refractivity contribution in [3.63, 3.8) is 0 Å². The number of hydrogen-bond acceptors (Lipinski definition) is 4. The lowest BCUT2D eigenvalue weighted by atomic mass is 10.2. The number of nitrogens with one attached hydrogen (secondary N) is 1. The lowest BCUT2D eigenvalue weighted by molar-refractivity contribution is 0.335. The third kappa shape index (κ3) is 2.53. The molecule has 0 unspecified atom stereocenters. The van der Waals surface area contributed by atoms with Crippen LogP contribution in [0.1, 0.15) is 12.5 Å². The minimum atomic E-state index is -0.655. The predicted octanol–water partition coefficient (Wildman–Crippen LogP) is 2.38. The molecule has 1 N–H and O–H groups in total. The van der Waals surface area contributed by atoms with E-state index in [1.165, 1.54) is 4.57 Å². The minimum absolute atomic E-state index is 0.137. The largest absolute Gasteiger partial charge is 0.493 e. The van der Waals surface area contributed by atoms with Gasteiger partial charge in [0.05, 0.1) is 13.2 Å². The van der Waals surface area contributed by atoms with E-state index in [0.717, 1.165) is 0 Å². The normalized spacial score (nSPS) is 11.0. The zero-order valence-electron chi connectivity index (χ0n) is 11.8. The lowest BCUT2D eigenvalue weighted by Crippen LogP contribution is -2.21. The van der Waals surface area contributed by atoms with Crippen LogP contribution in [0.15, 0.2) is 44.5 Å². The van der Waals surface area contributed by atoms with E-state index in [1.807, 2.05) is 6.92 Å². The fourth-order valence-electron chi connectivity index (χ4n) is 2.26. The topological polar surface area (TPSA) is 77.2 Å². The summed E-state index contributed by atoms with van der Waals surface area (Å²) in [6.07, 6.45) is 1.56. The van der Waals surface area contributed by atoms with Gasteiger partial charge in [-0.2, -0.15) is 0 Å². The molecule has 0 spiro atoms. The summed E-state index contributed by atoms with van der Waals surface area (Å²) in [5, 5.41) is 0.513. The first-order valence-corrected chi connectivity index (χ1v) is 7.10. The van der Waals surface area contributed by atoms with Gasteiger partial charge < -0.3 is 13.7 Å². The molecule has 7 heteroatoms. The lowest BCUT2D eigenvalue weighted by Gasteiger charge is -2.13. The van der Waals surface area contributed by atoms with Crippen LogP contribution in [-0.4, -0.2) is 16.2 Å². The molecule has 3 rings (SSSR count). The Morgan fingerprint density at radius 1 is 1.32 bits per heavy atom. The maximum atomic E-state index is 12.4. The number of rotatable bonds is 4. The van der Waals surface area contributed by atoms with Crippen LogP contribution in [-0.2, 0) is 6.54 Å². The Bertz CT molecular complexity index is 939. The van der Waals surface area contributed by atoms with Crippen molar-refractivity contribution in [1.29, 1.82) is 0 Å². The van der Waals surface area contributed by atoms with Gasteiger partial charge in [0.2, 0.25) is 0 Å². The molecule has 2 aromatic heterocycles. The fourth-order valence-corrected chi connectivity index (χ4v) is 2.49. The first kappa shape index (κ1) is 14.5. The van der Waals surface area contributed by atoms with Crippen molar-refractivity contribution in [2.45, 2.75) is 13.5 Å². The van der Waals surface area contributed by atoms with Crippen LogP contribution >= 0.6 is 11.6 Å². The monoisotopic (exact) mass is 320 g/mol. The van der Waals surface area contributed by atoms with Crippen molar-refractivity contribution >= 4 is 22.7 Å². The number of benzene rings is 1. The highest BCUT2D eigenvalue weighted by atomic mass is 35.5. The maximum Gasteiger partial charge on any atom is 0.417 e. The van der Waals surface area contributed by atoms with Crippen LogP contribution in [0.4, 0.5) is 0 Å². The molecular weight excluding hydrogens is 308 g/mol. The third-order valence-electron chi connectivity index (χ3n) is 3.26. The third-order valence-corrected chi connectivity index (χ3v) is 3.61. The van der Waals surface area contributed by atoms with Gasteiger partial charge in [-0.05, 0) is 25.1 Å². The van der Waals surface area contributed by atoms with Gasteiger partial charge in [-0.25, -0.2) is 4.79 Å². The molecule has 0 radical (unpaired) electrons. The van der Waals surface area contributed by atoms with Crippen LogP contribution in [0, 0.1) is 0 Å². The second-order valence-electron chi connectivity index (χ2n) is 4.65. The fraction of sp³-hybridized carbons (Fsp3) is 0.200. The summed E-state index contributed by atoms with van der Waals surface area (Å²) in [4.78, 5) is 26.0. The number of ether oxygens (including phenoxy) is 1. The number of fused-ring (bicyclic) bond motifs is 1. The quantitative estimate of drug-likeness (QED) is 0.800. The molecule has 0 saturated heterocycles. The van der Waals surface area contributed by atoms with E-state index in [-0.39, 0.29) is 23.2 Å². The van der Waals surface area contributed by atoms with Gasteiger partial charge in [-0.15, -0.1) is 0 Å². The van der Waals surface area contributed by atoms with Gasteiger partial charge in [0.15, 0.2) is 11.1 Å². The summed E-state index contributed by atoms with van der Waals surface area (Å²) >= 11 is 6.22. The minimum Gasteiger partial charge on any atom is -0.493 e. The van der Waals surface area contributed by atoms with Crippen molar-refractivity contribution < 1.29 is 9.15 Å². The van der Waals surface area contributed by atoms with Gasteiger partial charge in [-0.1, -0.05) is 17.7 Å². The Balaban J connectivity index is 2.09. The molecule has 0 amide bonds. The summed E-state index contributed by atoms with van der Waals surface area (Å²) < 4.78 is 11.9. The number of halogens is 1. The zero-order valence-corrected chi connectivity index (χ0v) is 12.5. The maximum absolute atomic E-state index is 12.4. The number of nitrogens with zero attached hydrogens (tertiary/aromatic N) is 1. The van der Waals surface area contributed by atoms with Gasteiger partial charge in [0.25, 0.3) is 5.56 Å². The molecule has 0 bridgehead atoms. The Labute approximate surface area is 129 Å². The van der Waals surface area contributed by atoms with E-state index in [4.69, 9.17) is 20.8 Å². The van der Waals surface area contributed by atoms with Crippen LogP contribution < -0.4 is 16.1 Å². The standard InChI is InChI=1S/C15H13ClN2O4/c1-2-21-11-5-3-4-10(16)9(11)8-18-7-6-12-13(14(18)19)17-15(20)22-12/h3-7H,2,8H2,1H3,(H,17,20). The summed E-state index contributed by atoms with van der Waals surface area (Å²) in [6.45, 7) is 2.60. The molecule has 0 saturated carbocycles. The summed E-state index contributed by atoms with van der Waals surface area (Å²) in [5.74, 6) is -0.0275. The van der Waals surface area contributed by atoms with Crippen molar-refractivity contribution in [3.05, 3.63) is 62.0 Å². The van der Waals surface area contributed by atoms with Gasteiger partial charge in [0.1, 0.15) is 5.75 Å². The second-order valence-corrected chi connectivity index (χ2v) is 5.06. The van der Waals surface area contributed by atoms with Crippen molar-refractivity contribution in [2.24, 2.45) is 0 Å². The molecule has 3 aromatic rings. The van der Waals surface area contributed by atoms with E-state index < -0.39 is 5.76 Å². The Kier molecular flexibility index (Phi) is 3.77. The van der Waals surface area contributed by atoms with E-state index in [1.54, 1.807) is 30.5 Å². The average molecular weight is 321 g/mol. The molecule has 22 heavy (non-hydrogen) atoms. The number of hydrogen-bond donors (Lipinski definition) is 1. The summed E-state index contributed by atoms with van der Waals surface area (Å²) in [6, 6.07) is 6.89.